The van der Waals surface area contributed by atoms with Crippen molar-refractivity contribution in [3.05, 3.63) is 59.7 Å². The van der Waals surface area contributed by atoms with Gasteiger partial charge >= 0.3 is 0 Å². The van der Waals surface area contributed by atoms with Gasteiger partial charge in [-0.3, -0.25) is 0 Å². The molecular formula is C30H38FN7O. The molecule has 1 N–H and O–H groups in total. The third-order valence-electron chi connectivity index (χ3n) is 7.55. The van der Waals surface area contributed by atoms with E-state index >= 15 is 0 Å². The molecule has 1 saturated heterocycles. The molecule has 0 unspecified atom stereocenters. The predicted molar refractivity (Wildman–Crippen MR) is 156 cm³/mol. The lowest BCUT2D eigenvalue weighted by molar-refractivity contribution is 0.384. The van der Waals surface area contributed by atoms with Crippen molar-refractivity contribution in [2.75, 3.05) is 41.9 Å². The molecule has 0 radical (unpaired) electrons. The van der Waals surface area contributed by atoms with Crippen molar-refractivity contribution in [1.29, 1.82) is 0 Å². The predicted octanol–water partition coefficient (Wildman–Crippen LogP) is 5.97. The highest BCUT2D eigenvalue weighted by molar-refractivity contribution is 5.87. The Hall–Kier alpha value is -3.88. The molecule has 2 aromatic heterocycles. The highest BCUT2D eigenvalue weighted by Gasteiger charge is 2.35. The average molecular weight is 532 g/mol. The van der Waals surface area contributed by atoms with E-state index in [4.69, 9.17) is 14.7 Å². The second kappa shape index (κ2) is 9.70. The third-order valence-corrected chi connectivity index (χ3v) is 7.55. The van der Waals surface area contributed by atoms with Gasteiger partial charge in [-0.15, -0.1) is 0 Å². The molecule has 0 spiro atoms. The highest BCUT2D eigenvalue weighted by atomic mass is 19.1. The van der Waals surface area contributed by atoms with Crippen LogP contribution in [0.15, 0.2) is 42.7 Å². The van der Waals surface area contributed by atoms with Gasteiger partial charge in [0.05, 0.1) is 19.0 Å². The lowest BCUT2D eigenvalue weighted by Crippen LogP contribution is -2.60. The van der Waals surface area contributed by atoms with Crippen LogP contribution in [0.1, 0.15) is 45.7 Å². The zero-order valence-corrected chi connectivity index (χ0v) is 24.1. The summed E-state index contributed by atoms with van der Waals surface area (Å²) in [4.78, 5) is 18.9. The van der Waals surface area contributed by atoms with E-state index < -0.39 is 0 Å². The summed E-state index contributed by atoms with van der Waals surface area (Å²) in [6.45, 7) is 15.1. The summed E-state index contributed by atoms with van der Waals surface area (Å²) in [6.07, 6.45) is 1.77. The zero-order valence-electron chi connectivity index (χ0n) is 24.1. The van der Waals surface area contributed by atoms with Crippen LogP contribution in [0.5, 0.6) is 5.75 Å². The summed E-state index contributed by atoms with van der Waals surface area (Å²) in [5, 5.41) is 3.60. The largest absolute Gasteiger partial charge is 0.494 e. The monoisotopic (exact) mass is 531 g/mol. The first-order valence-electron chi connectivity index (χ1n) is 13.3. The van der Waals surface area contributed by atoms with Crippen LogP contribution in [0.3, 0.4) is 0 Å². The Bertz CT molecular complexity index is 1520. The lowest BCUT2D eigenvalue weighted by Gasteiger charge is -2.48. The van der Waals surface area contributed by atoms with Crippen molar-refractivity contribution in [1.82, 2.24) is 19.5 Å². The first kappa shape index (κ1) is 26.7. The Balaban J connectivity index is 1.48. The number of halogens is 1. The number of benzene rings is 2. The summed E-state index contributed by atoms with van der Waals surface area (Å²) in [7, 11) is 3.43. The van der Waals surface area contributed by atoms with E-state index in [1.807, 2.05) is 17.7 Å². The summed E-state index contributed by atoms with van der Waals surface area (Å²) >= 11 is 0. The number of hydrogen-bond donors (Lipinski definition) is 1. The highest BCUT2D eigenvalue weighted by Crippen LogP contribution is 2.34. The SMILES string of the molecule is COc1ccc(N2CCN(c3nc(Nc4cc(C(C)(C)C)ccc4C)c4c(ncn4C)n3)CC2(C)C)cc1F. The molecule has 0 aliphatic carbocycles. The van der Waals surface area contributed by atoms with Crippen LogP contribution < -0.4 is 19.9 Å². The molecule has 5 rings (SSSR count). The molecule has 0 bridgehead atoms. The van der Waals surface area contributed by atoms with E-state index in [-0.39, 0.29) is 22.5 Å². The number of nitrogens with zero attached hydrogens (tertiary/aromatic N) is 6. The molecule has 4 aromatic rings. The molecular weight excluding hydrogens is 493 g/mol. The average Bonchev–Trinajstić information content (AvgIpc) is 3.24. The molecule has 3 heterocycles. The van der Waals surface area contributed by atoms with Crippen LogP contribution in [-0.4, -0.2) is 51.8 Å². The van der Waals surface area contributed by atoms with Crippen molar-refractivity contribution < 1.29 is 9.13 Å². The smallest absolute Gasteiger partial charge is 0.229 e. The number of hydrogen-bond acceptors (Lipinski definition) is 7. The molecule has 39 heavy (non-hydrogen) atoms. The standard InChI is InChI=1S/C30H38FN7O/c1-19-9-10-20(29(2,3)4)15-23(19)33-27-25-26(32-18-36(25)7)34-28(35-27)37-13-14-38(30(5,6)17-37)21-11-12-24(39-8)22(31)16-21/h9-12,15-16,18H,13-14,17H2,1-8H3,(H,33,34,35). The van der Waals surface area contributed by atoms with E-state index in [1.54, 1.807) is 18.5 Å². The van der Waals surface area contributed by atoms with Crippen LogP contribution >= 0.6 is 0 Å². The maximum Gasteiger partial charge on any atom is 0.229 e. The lowest BCUT2D eigenvalue weighted by atomic mass is 9.86. The van der Waals surface area contributed by atoms with Crippen LogP contribution in [0.25, 0.3) is 11.2 Å². The van der Waals surface area contributed by atoms with Gasteiger partial charge in [0.2, 0.25) is 5.95 Å². The Morgan fingerprint density at radius 1 is 1.05 bits per heavy atom. The van der Waals surface area contributed by atoms with Gasteiger partial charge in [-0.25, -0.2) is 9.37 Å². The van der Waals surface area contributed by atoms with Crippen molar-refractivity contribution in [3.8, 4) is 5.75 Å². The fourth-order valence-electron chi connectivity index (χ4n) is 5.25. The van der Waals surface area contributed by atoms with Gasteiger partial charge in [-0.1, -0.05) is 32.9 Å². The maximum atomic E-state index is 14.5. The zero-order chi connectivity index (χ0) is 28.1. The van der Waals surface area contributed by atoms with E-state index in [2.05, 4.69) is 79.8 Å². The number of fused-ring (bicyclic) bond motifs is 1. The van der Waals surface area contributed by atoms with Crippen molar-refractivity contribution in [3.63, 3.8) is 0 Å². The molecule has 206 valence electrons. The van der Waals surface area contributed by atoms with E-state index in [0.29, 0.717) is 31.2 Å². The number of piperazine rings is 1. The summed E-state index contributed by atoms with van der Waals surface area (Å²) in [6, 6.07) is 11.7. The van der Waals surface area contributed by atoms with Gasteiger partial charge in [-0.05, 0) is 55.5 Å². The maximum absolute atomic E-state index is 14.5. The van der Waals surface area contributed by atoms with Gasteiger partial charge in [0, 0.05) is 44.1 Å². The molecule has 9 heteroatoms. The molecule has 1 aliphatic rings. The fourth-order valence-corrected chi connectivity index (χ4v) is 5.25. The molecule has 8 nitrogen and oxygen atoms in total. The fraction of sp³-hybridized carbons (Fsp3) is 0.433. The van der Waals surface area contributed by atoms with Crippen LogP contribution in [-0.2, 0) is 12.5 Å². The molecule has 0 saturated carbocycles. The number of anilines is 4. The van der Waals surface area contributed by atoms with Crippen LogP contribution in [0.2, 0.25) is 0 Å². The van der Waals surface area contributed by atoms with Crippen LogP contribution in [0, 0.1) is 12.7 Å². The molecule has 0 atom stereocenters. The molecule has 1 fully saturated rings. The van der Waals surface area contributed by atoms with E-state index in [0.717, 1.165) is 28.3 Å². The summed E-state index contributed by atoms with van der Waals surface area (Å²) in [5.41, 5.74) is 5.46. The quantitative estimate of drug-likeness (QED) is 0.340. The number of imidazole rings is 1. The first-order chi connectivity index (χ1) is 18.4. The topological polar surface area (TPSA) is 71.3 Å². The molecule has 2 aromatic carbocycles. The summed E-state index contributed by atoms with van der Waals surface area (Å²) in [5.74, 6) is 1.23. The van der Waals surface area contributed by atoms with Gasteiger partial charge in [0.15, 0.2) is 23.0 Å². The van der Waals surface area contributed by atoms with Crippen LogP contribution in [0.4, 0.5) is 27.5 Å². The van der Waals surface area contributed by atoms with Gasteiger partial charge in [0.1, 0.15) is 5.52 Å². The van der Waals surface area contributed by atoms with Gasteiger partial charge < -0.3 is 24.4 Å². The van der Waals surface area contributed by atoms with Gasteiger partial charge in [0.25, 0.3) is 0 Å². The Kier molecular flexibility index (Phi) is 6.64. The third kappa shape index (κ3) is 5.10. The van der Waals surface area contributed by atoms with Crippen molar-refractivity contribution in [2.45, 2.75) is 52.5 Å². The molecule has 1 aliphatic heterocycles. The second-order valence-electron chi connectivity index (χ2n) is 12.0. The van der Waals surface area contributed by atoms with E-state index in [9.17, 15) is 4.39 Å². The molecule has 0 amide bonds. The summed E-state index contributed by atoms with van der Waals surface area (Å²) < 4.78 is 21.5. The Morgan fingerprint density at radius 3 is 2.49 bits per heavy atom. The number of nitrogens with one attached hydrogen (secondary N) is 1. The Morgan fingerprint density at radius 2 is 1.82 bits per heavy atom. The number of rotatable bonds is 5. The first-order valence-corrected chi connectivity index (χ1v) is 13.3. The minimum atomic E-state index is -0.362. The van der Waals surface area contributed by atoms with Gasteiger partial charge in [-0.2, -0.15) is 9.97 Å². The van der Waals surface area contributed by atoms with E-state index in [1.165, 1.54) is 12.7 Å². The Labute approximate surface area is 229 Å². The normalized spacial score (nSPS) is 15.6. The minimum Gasteiger partial charge on any atom is -0.494 e. The minimum absolute atomic E-state index is 0.0286. The number of aryl methyl sites for hydroxylation is 2. The number of ether oxygens (including phenoxy) is 1. The van der Waals surface area contributed by atoms with Crippen molar-refractivity contribution in [2.24, 2.45) is 7.05 Å². The van der Waals surface area contributed by atoms with Crippen molar-refractivity contribution >= 4 is 34.3 Å². The second-order valence-corrected chi connectivity index (χ2v) is 12.0. The number of aromatic nitrogens is 4. The number of methoxy groups -OCH3 is 1.